The molecule has 0 unspecified atom stereocenters. The smallest absolute Gasteiger partial charge is 0.255 e. The average molecular weight is 348 g/mol. The van der Waals surface area contributed by atoms with Crippen LogP contribution in [0.1, 0.15) is 35.3 Å². The zero-order valence-electron chi connectivity index (χ0n) is 15.0. The van der Waals surface area contributed by atoms with E-state index in [2.05, 4.69) is 29.3 Å². The van der Waals surface area contributed by atoms with Gasteiger partial charge in [-0.15, -0.1) is 5.10 Å². The number of rotatable bonds is 4. The van der Waals surface area contributed by atoms with E-state index in [1.54, 1.807) is 13.3 Å². The minimum Gasteiger partial charge on any atom is -0.497 e. The molecule has 0 atom stereocenters. The molecule has 3 aromatic rings. The normalized spacial score (nSPS) is 15.2. The zero-order chi connectivity index (χ0) is 18.3. The lowest BCUT2D eigenvalue weighted by Crippen LogP contribution is -2.38. The van der Waals surface area contributed by atoms with Gasteiger partial charge in [0.2, 0.25) is 0 Å². The maximum Gasteiger partial charge on any atom is 0.255 e. The first-order valence-electron chi connectivity index (χ1n) is 8.47. The number of fused-ring (bicyclic) bond motifs is 1. The number of amides is 1. The van der Waals surface area contributed by atoms with E-state index in [0.717, 1.165) is 33.7 Å². The fourth-order valence-corrected chi connectivity index (χ4v) is 3.52. The van der Waals surface area contributed by atoms with Crippen LogP contribution in [-0.4, -0.2) is 33.3 Å². The monoisotopic (exact) mass is 348 g/mol. The van der Waals surface area contributed by atoms with Gasteiger partial charge in [0.1, 0.15) is 11.4 Å². The van der Waals surface area contributed by atoms with Crippen molar-refractivity contribution in [3.63, 3.8) is 0 Å². The topological polar surface area (TPSA) is 71.1 Å². The molecule has 1 aliphatic heterocycles. The summed E-state index contributed by atoms with van der Waals surface area (Å²) in [7, 11) is 1.64. The Hall–Kier alpha value is -3.15. The van der Waals surface area contributed by atoms with E-state index < -0.39 is 5.54 Å². The van der Waals surface area contributed by atoms with Gasteiger partial charge in [-0.1, -0.05) is 29.5 Å². The highest BCUT2D eigenvalue weighted by molar-refractivity contribution is 6.01. The molecule has 26 heavy (non-hydrogen) atoms. The van der Waals surface area contributed by atoms with Crippen molar-refractivity contribution in [2.24, 2.45) is 0 Å². The fraction of sp³-hybridized carbons (Fsp3) is 0.250. The summed E-state index contributed by atoms with van der Waals surface area (Å²) in [6.07, 6.45) is 1.72. The lowest BCUT2D eigenvalue weighted by molar-refractivity contribution is 0.0595. The first-order chi connectivity index (χ1) is 12.5. The van der Waals surface area contributed by atoms with Crippen molar-refractivity contribution >= 4 is 5.91 Å². The van der Waals surface area contributed by atoms with E-state index in [0.29, 0.717) is 6.54 Å². The van der Waals surface area contributed by atoms with Gasteiger partial charge in [-0.25, -0.2) is 0 Å². The highest BCUT2D eigenvalue weighted by Crippen LogP contribution is 2.41. The molecule has 4 rings (SSSR count). The second kappa shape index (κ2) is 5.98. The Labute approximate surface area is 151 Å². The maximum atomic E-state index is 13.1. The molecule has 0 saturated carbocycles. The number of aromatic nitrogens is 3. The SMILES string of the molecule is COc1cccc(CN2C(=O)c3cc(-c4c[nH]nn4)ccc3C2(C)C)c1. The van der Waals surface area contributed by atoms with E-state index in [4.69, 9.17) is 4.74 Å². The molecule has 132 valence electrons. The van der Waals surface area contributed by atoms with Crippen LogP contribution in [0.4, 0.5) is 0 Å². The minimum absolute atomic E-state index is 0.0261. The molecule has 6 nitrogen and oxygen atoms in total. The lowest BCUT2D eigenvalue weighted by Gasteiger charge is -2.32. The maximum absolute atomic E-state index is 13.1. The molecule has 0 saturated heterocycles. The summed E-state index contributed by atoms with van der Waals surface area (Å²) in [5, 5.41) is 10.5. The van der Waals surface area contributed by atoms with Gasteiger partial charge in [0.05, 0.1) is 12.6 Å². The molecule has 0 fully saturated rings. The van der Waals surface area contributed by atoms with Gasteiger partial charge in [0.15, 0.2) is 0 Å². The first kappa shape index (κ1) is 16.3. The van der Waals surface area contributed by atoms with Gasteiger partial charge < -0.3 is 9.64 Å². The zero-order valence-corrected chi connectivity index (χ0v) is 15.0. The van der Waals surface area contributed by atoms with Crippen LogP contribution in [0.3, 0.4) is 0 Å². The summed E-state index contributed by atoms with van der Waals surface area (Å²) in [6.45, 7) is 4.68. The standard InChI is InChI=1S/C20H20N4O2/c1-20(2)17-8-7-14(18-11-21-23-22-18)10-16(17)19(25)24(20)12-13-5-4-6-15(9-13)26-3/h4-11H,12H2,1-3H3,(H,21,22,23). The van der Waals surface area contributed by atoms with Crippen LogP contribution in [0.2, 0.25) is 0 Å². The highest BCUT2D eigenvalue weighted by Gasteiger charge is 2.42. The highest BCUT2D eigenvalue weighted by atomic mass is 16.5. The van der Waals surface area contributed by atoms with Crippen molar-refractivity contribution in [3.8, 4) is 17.0 Å². The number of nitrogens with zero attached hydrogens (tertiary/aromatic N) is 3. The van der Waals surface area contributed by atoms with Crippen LogP contribution in [0, 0.1) is 0 Å². The van der Waals surface area contributed by atoms with Crippen molar-refractivity contribution in [2.45, 2.75) is 25.9 Å². The molecule has 1 aromatic heterocycles. The van der Waals surface area contributed by atoms with Gasteiger partial charge in [-0.2, -0.15) is 0 Å². The number of carbonyl (C=O) groups excluding carboxylic acids is 1. The predicted octanol–water partition coefficient (Wildman–Crippen LogP) is 3.37. The van der Waals surface area contributed by atoms with Gasteiger partial charge in [0.25, 0.3) is 5.91 Å². The summed E-state index contributed by atoms with van der Waals surface area (Å²) in [5.41, 5.74) is 4.00. The number of hydrogen-bond donors (Lipinski definition) is 1. The summed E-state index contributed by atoms with van der Waals surface area (Å²) in [5.74, 6) is 0.816. The Morgan fingerprint density at radius 2 is 2.04 bits per heavy atom. The summed E-state index contributed by atoms with van der Waals surface area (Å²) in [4.78, 5) is 15.0. The summed E-state index contributed by atoms with van der Waals surface area (Å²) < 4.78 is 5.30. The quantitative estimate of drug-likeness (QED) is 0.785. The van der Waals surface area contributed by atoms with Crippen molar-refractivity contribution < 1.29 is 9.53 Å². The van der Waals surface area contributed by atoms with E-state index in [1.807, 2.05) is 47.4 Å². The Morgan fingerprint density at radius 1 is 1.19 bits per heavy atom. The lowest BCUT2D eigenvalue weighted by atomic mass is 9.92. The molecule has 1 N–H and O–H groups in total. The summed E-state index contributed by atoms with van der Waals surface area (Å²) >= 11 is 0. The Morgan fingerprint density at radius 3 is 2.77 bits per heavy atom. The number of carbonyl (C=O) groups is 1. The Bertz CT molecular complexity index is 964. The third kappa shape index (κ3) is 2.54. The van der Waals surface area contributed by atoms with Crippen LogP contribution < -0.4 is 4.74 Å². The van der Waals surface area contributed by atoms with Crippen LogP contribution in [0.25, 0.3) is 11.3 Å². The molecule has 0 spiro atoms. The predicted molar refractivity (Wildman–Crippen MR) is 97.7 cm³/mol. The molecule has 1 amide bonds. The Kier molecular flexibility index (Phi) is 3.76. The minimum atomic E-state index is -0.391. The van der Waals surface area contributed by atoms with E-state index in [1.165, 1.54) is 0 Å². The third-order valence-corrected chi connectivity index (χ3v) is 5.02. The average Bonchev–Trinajstić information content (AvgIpc) is 3.25. The molecule has 0 bridgehead atoms. The molecule has 1 aliphatic rings. The van der Waals surface area contributed by atoms with Crippen molar-refractivity contribution in [1.82, 2.24) is 20.3 Å². The van der Waals surface area contributed by atoms with Crippen LogP contribution in [-0.2, 0) is 12.1 Å². The second-order valence-corrected chi connectivity index (χ2v) is 6.92. The first-order valence-corrected chi connectivity index (χ1v) is 8.47. The van der Waals surface area contributed by atoms with Gasteiger partial charge >= 0.3 is 0 Å². The van der Waals surface area contributed by atoms with Gasteiger partial charge in [0, 0.05) is 23.9 Å². The van der Waals surface area contributed by atoms with Crippen LogP contribution in [0.5, 0.6) is 5.75 Å². The number of H-pyrrole nitrogens is 1. The molecule has 2 aromatic carbocycles. The number of nitrogens with one attached hydrogen (secondary N) is 1. The van der Waals surface area contributed by atoms with Crippen LogP contribution >= 0.6 is 0 Å². The van der Waals surface area contributed by atoms with Crippen molar-refractivity contribution in [2.75, 3.05) is 7.11 Å². The largest absolute Gasteiger partial charge is 0.497 e. The van der Waals surface area contributed by atoms with Gasteiger partial charge in [-0.05, 0) is 43.2 Å². The van der Waals surface area contributed by atoms with Gasteiger partial charge in [-0.3, -0.25) is 9.89 Å². The fourth-order valence-electron chi connectivity index (χ4n) is 3.52. The molecule has 2 heterocycles. The number of benzene rings is 2. The summed E-state index contributed by atoms with van der Waals surface area (Å²) in [6, 6.07) is 13.7. The second-order valence-electron chi connectivity index (χ2n) is 6.92. The molecule has 0 aliphatic carbocycles. The van der Waals surface area contributed by atoms with Crippen molar-refractivity contribution in [3.05, 3.63) is 65.4 Å². The number of ether oxygens (including phenoxy) is 1. The van der Waals surface area contributed by atoms with Crippen LogP contribution in [0.15, 0.2) is 48.7 Å². The molecular weight excluding hydrogens is 328 g/mol. The molecule has 0 radical (unpaired) electrons. The third-order valence-electron chi connectivity index (χ3n) is 5.02. The molecular formula is C20H20N4O2. The Balaban J connectivity index is 1.70. The number of methoxy groups -OCH3 is 1. The van der Waals surface area contributed by atoms with Crippen molar-refractivity contribution in [1.29, 1.82) is 0 Å². The molecule has 6 heteroatoms. The number of aromatic amines is 1. The van der Waals surface area contributed by atoms with E-state index >= 15 is 0 Å². The van der Waals surface area contributed by atoms with E-state index in [9.17, 15) is 4.79 Å². The van der Waals surface area contributed by atoms with E-state index in [-0.39, 0.29) is 5.91 Å². The number of hydrogen-bond acceptors (Lipinski definition) is 4.